The number of H-pyrrole nitrogens is 1. The van der Waals surface area contributed by atoms with E-state index < -0.39 is 0 Å². The molecule has 0 aliphatic carbocycles. The van der Waals surface area contributed by atoms with E-state index in [-0.39, 0.29) is 5.91 Å². The summed E-state index contributed by atoms with van der Waals surface area (Å²) >= 11 is 9.92. The highest BCUT2D eigenvalue weighted by Gasteiger charge is 2.01. The molecular weight excluding hydrogens is 346 g/mol. The van der Waals surface area contributed by atoms with Crippen LogP contribution in [-0.4, -0.2) is 69.2 Å². The number of nitrogens with zero attached hydrogens (tertiary/aromatic N) is 5. The molecule has 1 heterocycles. The second-order valence-corrected chi connectivity index (χ2v) is 5.95. The topological polar surface area (TPSA) is 82.1 Å². The van der Waals surface area contributed by atoms with E-state index in [0.717, 1.165) is 10.8 Å². The normalized spacial score (nSPS) is 9.54. The Morgan fingerprint density at radius 1 is 1.25 bits per heavy atom. The maximum Gasteiger partial charge on any atom is 0.242 e. The van der Waals surface area contributed by atoms with Gasteiger partial charge in [0.05, 0.1) is 5.69 Å². The molecule has 130 valence electrons. The molecule has 0 radical (unpaired) electrons. The summed E-state index contributed by atoms with van der Waals surface area (Å²) in [5.74, 6) is -0.122. The van der Waals surface area contributed by atoms with Crippen LogP contribution in [-0.2, 0) is 4.79 Å². The van der Waals surface area contributed by atoms with Gasteiger partial charge in [0.1, 0.15) is 0 Å². The van der Waals surface area contributed by atoms with Gasteiger partial charge in [0.25, 0.3) is 0 Å². The van der Waals surface area contributed by atoms with Gasteiger partial charge in [0, 0.05) is 40.8 Å². The third-order valence-corrected chi connectivity index (χ3v) is 3.66. The zero-order chi connectivity index (χ0) is 18.3. The lowest BCUT2D eigenvalue weighted by Gasteiger charge is -2.20. The number of amides is 1. The number of hydrogen-bond donors (Lipinski definition) is 2. The molecule has 0 bridgehead atoms. The van der Waals surface area contributed by atoms with Gasteiger partial charge in [-0.25, -0.2) is 4.68 Å². The molecule has 0 aliphatic rings. The first-order valence-corrected chi connectivity index (χ1v) is 7.80. The summed E-state index contributed by atoms with van der Waals surface area (Å²) in [4.78, 5) is 14.7. The molecule has 2 aromatic rings. The number of carbonyl (C=O) groups excluding carboxylic acids is 1. The van der Waals surface area contributed by atoms with Gasteiger partial charge in [-0.1, -0.05) is 16.4 Å². The minimum Gasteiger partial charge on any atom is -0.355 e. The second kappa shape index (κ2) is 9.08. The fourth-order valence-corrected chi connectivity index (χ4v) is 1.88. The summed E-state index contributed by atoms with van der Waals surface area (Å²) in [6.07, 6.45) is 0. The van der Waals surface area contributed by atoms with Crippen LogP contribution < -0.4 is 5.32 Å². The highest BCUT2D eigenvalue weighted by Crippen LogP contribution is 2.13. The van der Waals surface area contributed by atoms with E-state index in [1.807, 2.05) is 50.1 Å². The number of tetrazole rings is 1. The van der Waals surface area contributed by atoms with Crippen LogP contribution in [0.5, 0.6) is 0 Å². The molecule has 8 nitrogen and oxygen atoms in total. The molecule has 0 atom stereocenters. The Balaban J connectivity index is 0.000000307. The molecule has 0 fully saturated rings. The number of aromatic nitrogens is 4. The van der Waals surface area contributed by atoms with Gasteiger partial charge in [-0.05, 0) is 42.6 Å². The van der Waals surface area contributed by atoms with Crippen molar-refractivity contribution in [2.75, 3.05) is 33.5 Å². The van der Waals surface area contributed by atoms with Gasteiger partial charge < -0.3 is 15.1 Å². The fourth-order valence-electron chi connectivity index (χ4n) is 1.69. The van der Waals surface area contributed by atoms with Crippen molar-refractivity contribution in [1.82, 2.24) is 30.0 Å². The molecule has 1 aromatic heterocycles. The Labute approximate surface area is 151 Å². The molecule has 24 heavy (non-hydrogen) atoms. The van der Waals surface area contributed by atoms with Crippen molar-refractivity contribution in [3.8, 4) is 5.69 Å². The zero-order valence-corrected chi connectivity index (χ0v) is 15.9. The summed E-state index contributed by atoms with van der Waals surface area (Å²) in [5, 5.41) is 13.4. The second-order valence-electron chi connectivity index (χ2n) is 5.22. The molecule has 0 aliphatic heterocycles. The van der Waals surface area contributed by atoms with Crippen molar-refractivity contribution in [3.63, 3.8) is 0 Å². The number of thiocarbonyl (C=S) groups is 1. The van der Waals surface area contributed by atoms with Crippen LogP contribution in [0.15, 0.2) is 24.3 Å². The number of aromatic amines is 1. The molecule has 10 heteroatoms. The van der Waals surface area contributed by atoms with Gasteiger partial charge in [0.2, 0.25) is 10.7 Å². The lowest BCUT2D eigenvalue weighted by Crippen LogP contribution is -2.32. The lowest BCUT2D eigenvalue weighted by molar-refractivity contribution is -0.114. The van der Waals surface area contributed by atoms with Crippen molar-refractivity contribution >= 4 is 41.1 Å². The maximum atomic E-state index is 10.9. The summed E-state index contributed by atoms with van der Waals surface area (Å²) in [7, 11) is 7.73. The van der Waals surface area contributed by atoms with Crippen LogP contribution in [0.4, 0.5) is 5.69 Å². The number of benzene rings is 1. The predicted octanol–water partition coefficient (Wildman–Crippen LogP) is 1.68. The maximum absolute atomic E-state index is 10.9. The molecule has 2 rings (SSSR count). The summed E-state index contributed by atoms with van der Waals surface area (Å²) < 4.78 is 1.88. The van der Waals surface area contributed by atoms with Crippen LogP contribution in [0.1, 0.15) is 6.92 Å². The molecule has 1 aromatic carbocycles. The Hall–Kier alpha value is -2.33. The Morgan fingerprint density at radius 3 is 2.29 bits per heavy atom. The van der Waals surface area contributed by atoms with Crippen LogP contribution in [0.25, 0.3) is 5.69 Å². The van der Waals surface area contributed by atoms with Crippen molar-refractivity contribution in [2.45, 2.75) is 6.92 Å². The van der Waals surface area contributed by atoms with Gasteiger partial charge in [-0.2, -0.15) is 5.21 Å². The number of hydrogen-bond acceptors (Lipinski definition) is 5. The molecule has 1 amide bonds. The quantitative estimate of drug-likeness (QED) is 0.782. The third kappa shape index (κ3) is 6.05. The molecule has 0 saturated carbocycles. The first-order chi connectivity index (χ1) is 11.2. The van der Waals surface area contributed by atoms with E-state index in [9.17, 15) is 4.79 Å². The summed E-state index contributed by atoms with van der Waals surface area (Å²) in [5.41, 5.74) is 1.46. The zero-order valence-electron chi connectivity index (χ0n) is 14.3. The van der Waals surface area contributed by atoms with Crippen LogP contribution >= 0.6 is 24.4 Å². The largest absolute Gasteiger partial charge is 0.355 e. The first-order valence-electron chi connectivity index (χ1n) is 6.99. The molecule has 0 unspecified atom stereocenters. The minimum atomic E-state index is -0.122. The molecule has 0 spiro atoms. The third-order valence-electron chi connectivity index (χ3n) is 2.66. The van der Waals surface area contributed by atoms with Crippen molar-refractivity contribution in [2.24, 2.45) is 0 Å². The Morgan fingerprint density at radius 2 is 1.88 bits per heavy atom. The van der Waals surface area contributed by atoms with Crippen LogP contribution in [0.3, 0.4) is 0 Å². The van der Waals surface area contributed by atoms with Crippen LogP contribution in [0, 0.1) is 4.77 Å². The summed E-state index contributed by atoms with van der Waals surface area (Å²) in [6, 6.07) is 7.21. The average Bonchev–Trinajstić information content (AvgIpc) is 2.92. The highest BCUT2D eigenvalue weighted by atomic mass is 32.1. The van der Waals surface area contributed by atoms with E-state index in [0.29, 0.717) is 10.5 Å². The average molecular weight is 368 g/mol. The number of rotatable bonds is 2. The highest BCUT2D eigenvalue weighted by molar-refractivity contribution is 7.80. The number of anilines is 1. The van der Waals surface area contributed by atoms with Gasteiger partial charge in [0.15, 0.2) is 5.11 Å². The number of nitrogens with one attached hydrogen (secondary N) is 2. The fraction of sp³-hybridized carbons (Fsp3) is 0.357. The monoisotopic (exact) mass is 367 g/mol. The van der Waals surface area contributed by atoms with Crippen molar-refractivity contribution in [1.29, 1.82) is 0 Å². The Bertz CT molecular complexity index is 741. The van der Waals surface area contributed by atoms with E-state index >= 15 is 0 Å². The van der Waals surface area contributed by atoms with E-state index in [1.54, 1.807) is 16.8 Å². The SMILES string of the molecule is CC(=O)Nc1cccc(-n2[nH]nnc2=S)c1.CN(C)C(=S)N(C)C. The van der Waals surface area contributed by atoms with Crippen LogP contribution in [0.2, 0.25) is 0 Å². The van der Waals surface area contributed by atoms with Gasteiger partial charge in [-0.15, -0.1) is 0 Å². The standard InChI is InChI=1S/C9H9N5OS.C5H12N2S/c1-6(15)10-7-3-2-4-8(5-7)14-9(16)11-12-13-14;1-6(2)5(8)7(3)4/h2-5H,1H3,(H,10,15)(H,11,13,16);1-4H3. The lowest BCUT2D eigenvalue weighted by atomic mass is 10.3. The molecule has 0 saturated heterocycles. The first kappa shape index (κ1) is 19.7. The van der Waals surface area contributed by atoms with E-state index in [4.69, 9.17) is 24.4 Å². The molecular formula is C14H21N7OS2. The number of carbonyl (C=O) groups is 1. The van der Waals surface area contributed by atoms with Gasteiger partial charge in [-0.3, -0.25) is 4.79 Å². The predicted molar refractivity (Wildman–Crippen MR) is 101 cm³/mol. The molecule has 2 N–H and O–H groups in total. The van der Waals surface area contributed by atoms with Crippen molar-refractivity contribution < 1.29 is 4.79 Å². The van der Waals surface area contributed by atoms with E-state index in [2.05, 4.69) is 20.8 Å². The van der Waals surface area contributed by atoms with Gasteiger partial charge >= 0.3 is 0 Å². The Kier molecular flexibility index (Phi) is 7.46. The summed E-state index contributed by atoms with van der Waals surface area (Å²) in [6.45, 7) is 1.45. The minimum absolute atomic E-state index is 0.122. The smallest absolute Gasteiger partial charge is 0.242 e. The van der Waals surface area contributed by atoms with E-state index in [1.165, 1.54) is 6.92 Å². The van der Waals surface area contributed by atoms with Crippen molar-refractivity contribution in [3.05, 3.63) is 29.0 Å².